The first kappa shape index (κ1) is 15.0. The topological polar surface area (TPSA) is 61.4 Å². The number of nitrogens with one attached hydrogen (secondary N) is 2. The van der Waals surface area contributed by atoms with Crippen LogP contribution in [0.5, 0.6) is 0 Å². The average molecular weight is 275 g/mol. The summed E-state index contributed by atoms with van der Waals surface area (Å²) < 4.78 is 37.7. The highest BCUT2D eigenvalue weighted by Crippen LogP contribution is 2.19. The molecule has 0 radical (unpaired) electrons. The molecule has 0 bridgehead atoms. The molecule has 0 atom stereocenters. The third kappa shape index (κ3) is 3.49. The standard InChI is InChI=1S/C11H18FN3O2S/c1-8-5-10(18(16,17)14-15(3)4)6-9(7-13-2)11(8)12/h5-6,13-14H,7H2,1-4H3. The summed E-state index contributed by atoms with van der Waals surface area (Å²) in [5.41, 5.74) is 0.638. The molecule has 0 fully saturated rings. The van der Waals surface area contributed by atoms with Gasteiger partial charge in [0, 0.05) is 26.2 Å². The average Bonchev–Trinajstić information content (AvgIpc) is 2.22. The first-order valence-electron chi connectivity index (χ1n) is 5.41. The van der Waals surface area contributed by atoms with Crippen LogP contribution in [0.4, 0.5) is 4.39 Å². The third-order valence-electron chi connectivity index (χ3n) is 2.28. The highest BCUT2D eigenvalue weighted by Gasteiger charge is 2.18. The molecule has 0 aromatic heterocycles. The summed E-state index contributed by atoms with van der Waals surface area (Å²) in [5.74, 6) is -0.381. The van der Waals surface area contributed by atoms with Crippen molar-refractivity contribution in [3.63, 3.8) is 0 Å². The predicted molar refractivity (Wildman–Crippen MR) is 67.9 cm³/mol. The Morgan fingerprint density at radius 1 is 1.33 bits per heavy atom. The molecule has 0 aliphatic rings. The van der Waals surface area contributed by atoms with Gasteiger partial charge in [-0.1, -0.05) is 0 Å². The molecule has 18 heavy (non-hydrogen) atoms. The van der Waals surface area contributed by atoms with Crippen molar-refractivity contribution in [1.29, 1.82) is 0 Å². The largest absolute Gasteiger partial charge is 0.316 e. The Kier molecular flexibility index (Phi) is 4.80. The molecule has 7 heteroatoms. The van der Waals surface area contributed by atoms with Crippen molar-refractivity contribution in [3.05, 3.63) is 29.1 Å². The summed E-state index contributed by atoms with van der Waals surface area (Å²) in [6, 6.07) is 2.66. The number of nitrogens with zero attached hydrogens (tertiary/aromatic N) is 1. The van der Waals surface area contributed by atoms with Gasteiger partial charge < -0.3 is 5.32 Å². The minimum absolute atomic E-state index is 0.0559. The third-order valence-corrected chi connectivity index (χ3v) is 3.75. The van der Waals surface area contributed by atoms with E-state index in [1.54, 1.807) is 28.1 Å². The van der Waals surface area contributed by atoms with Crippen molar-refractivity contribution < 1.29 is 12.8 Å². The van der Waals surface area contributed by atoms with E-state index in [-0.39, 0.29) is 17.3 Å². The smallest absolute Gasteiger partial charge is 0.253 e. The molecule has 0 unspecified atom stereocenters. The van der Waals surface area contributed by atoms with Crippen molar-refractivity contribution >= 4 is 10.0 Å². The van der Waals surface area contributed by atoms with Gasteiger partial charge in [-0.2, -0.15) is 0 Å². The monoisotopic (exact) mass is 275 g/mol. The van der Waals surface area contributed by atoms with Crippen molar-refractivity contribution in [2.24, 2.45) is 0 Å². The molecule has 0 spiro atoms. The predicted octanol–water partition coefficient (Wildman–Crippen LogP) is 0.608. The molecular formula is C11H18FN3O2S. The van der Waals surface area contributed by atoms with E-state index < -0.39 is 10.0 Å². The van der Waals surface area contributed by atoms with Crippen LogP contribution < -0.4 is 10.1 Å². The van der Waals surface area contributed by atoms with E-state index in [1.807, 2.05) is 0 Å². The van der Waals surface area contributed by atoms with Gasteiger partial charge in [-0.25, -0.2) is 17.8 Å². The Hall–Kier alpha value is -1.02. The number of aryl methyl sites for hydroxylation is 1. The number of sulfonamides is 1. The lowest BCUT2D eigenvalue weighted by atomic mass is 10.1. The Labute approximate surface area is 107 Å². The Bertz CT molecular complexity index is 529. The molecule has 0 amide bonds. The fourth-order valence-electron chi connectivity index (χ4n) is 1.57. The zero-order valence-corrected chi connectivity index (χ0v) is 11.7. The molecule has 0 saturated carbocycles. The van der Waals surface area contributed by atoms with Crippen molar-refractivity contribution in [3.8, 4) is 0 Å². The molecular weight excluding hydrogens is 257 g/mol. The molecule has 1 aromatic rings. The van der Waals surface area contributed by atoms with E-state index in [4.69, 9.17) is 0 Å². The first-order chi connectivity index (χ1) is 8.27. The van der Waals surface area contributed by atoms with Crippen LogP contribution in [0.25, 0.3) is 0 Å². The SMILES string of the molecule is CNCc1cc(S(=O)(=O)NN(C)C)cc(C)c1F. The van der Waals surface area contributed by atoms with Gasteiger partial charge in [0.25, 0.3) is 10.0 Å². The zero-order valence-electron chi connectivity index (χ0n) is 10.9. The van der Waals surface area contributed by atoms with Crippen LogP contribution in [-0.4, -0.2) is 34.6 Å². The molecule has 1 aromatic carbocycles. The summed E-state index contributed by atoms with van der Waals surface area (Å²) >= 11 is 0. The summed E-state index contributed by atoms with van der Waals surface area (Å²) in [4.78, 5) is 2.37. The van der Waals surface area contributed by atoms with Gasteiger partial charge in [-0.3, -0.25) is 0 Å². The molecule has 102 valence electrons. The van der Waals surface area contributed by atoms with E-state index in [9.17, 15) is 12.8 Å². The lowest BCUT2D eigenvalue weighted by Crippen LogP contribution is -2.36. The highest BCUT2D eigenvalue weighted by atomic mass is 32.2. The second-order valence-corrected chi connectivity index (χ2v) is 5.89. The van der Waals surface area contributed by atoms with E-state index in [2.05, 4.69) is 10.1 Å². The number of benzene rings is 1. The molecule has 2 N–H and O–H groups in total. The molecule has 1 rings (SSSR count). The van der Waals surface area contributed by atoms with E-state index >= 15 is 0 Å². The van der Waals surface area contributed by atoms with Gasteiger partial charge in [0.2, 0.25) is 0 Å². The van der Waals surface area contributed by atoms with E-state index in [1.165, 1.54) is 17.1 Å². The fraction of sp³-hybridized carbons (Fsp3) is 0.455. The Morgan fingerprint density at radius 3 is 2.44 bits per heavy atom. The number of hydrazine groups is 1. The second-order valence-electron chi connectivity index (χ2n) is 4.23. The van der Waals surface area contributed by atoms with Crippen molar-refractivity contribution in [2.75, 3.05) is 21.1 Å². The summed E-state index contributed by atoms with van der Waals surface area (Å²) in [6.07, 6.45) is 0. The quantitative estimate of drug-likeness (QED) is 0.773. The molecule has 0 saturated heterocycles. The van der Waals surface area contributed by atoms with Crippen LogP contribution in [0.3, 0.4) is 0 Å². The maximum absolute atomic E-state index is 13.8. The minimum Gasteiger partial charge on any atom is -0.316 e. The number of rotatable bonds is 5. The van der Waals surface area contributed by atoms with Crippen molar-refractivity contribution in [1.82, 2.24) is 15.2 Å². The molecule has 0 aliphatic carbocycles. The lowest BCUT2D eigenvalue weighted by Gasteiger charge is -2.14. The molecule has 0 aliphatic heterocycles. The highest BCUT2D eigenvalue weighted by molar-refractivity contribution is 7.89. The first-order valence-corrected chi connectivity index (χ1v) is 6.89. The summed E-state index contributed by atoms with van der Waals surface area (Å²) in [6.45, 7) is 1.82. The van der Waals surface area contributed by atoms with E-state index in [0.29, 0.717) is 11.1 Å². The lowest BCUT2D eigenvalue weighted by molar-refractivity contribution is 0.364. The Balaban J connectivity index is 3.26. The minimum atomic E-state index is -3.66. The second kappa shape index (κ2) is 5.75. The van der Waals surface area contributed by atoms with Crippen LogP contribution in [0.1, 0.15) is 11.1 Å². The van der Waals surface area contributed by atoms with Gasteiger partial charge in [-0.05, 0) is 31.7 Å². The van der Waals surface area contributed by atoms with Crippen LogP contribution in [0.2, 0.25) is 0 Å². The van der Waals surface area contributed by atoms with Crippen molar-refractivity contribution in [2.45, 2.75) is 18.4 Å². The molecule has 0 heterocycles. The van der Waals surface area contributed by atoms with Crippen LogP contribution in [-0.2, 0) is 16.6 Å². The zero-order chi connectivity index (χ0) is 13.9. The van der Waals surface area contributed by atoms with Gasteiger partial charge in [-0.15, -0.1) is 4.83 Å². The number of halogens is 1. The summed E-state index contributed by atoms with van der Waals surface area (Å²) in [7, 11) is 1.16. The fourth-order valence-corrected chi connectivity index (χ4v) is 2.79. The van der Waals surface area contributed by atoms with E-state index in [0.717, 1.165) is 0 Å². The van der Waals surface area contributed by atoms with Gasteiger partial charge in [0.1, 0.15) is 5.82 Å². The Morgan fingerprint density at radius 2 is 1.94 bits per heavy atom. The van der Waals surface area contributed by atoms with Crippen LogP contribution in [0, 0.1) is 12.7 Å². The van der Waals surface area contributed by atoms with Gasteiger partial charge in [0.15, 0.2) is 0 Å². The number of hydrogen-bond acceptors (Lipinski definition) is 4. The van der Waals surface area contributed by atoms with Gasteiger partial charge in [0.05, 0.1) is 4.90 Å². The van der Waals surface area contributed by atoms with Crippen LogP contribution >= 0.6 is 0 Å². The molecule has 5 nitrogen and oxygen atoms in total. The normalized spacial score (nSPS) is 12.1. The number of hydrogen-bond donors (Lipinski definition) is 2. The maximum atomic E-state index is 13.8. The van der Waals surface area contributed by atoms with Crippen LogP contribution in [0.15, 0.2) is 17.0 Å². The maximum Gasteiger partial charge on any atom is 0.253 e. The van der Waals surface area contributed by atoms with Gasteiger partial charge >= 0.3 is 0 Å². The summed E-state index contributed by atoms with van der Waals surface area (Å²) in [5, 5.41) is 4.13.